The van der Waals surface area contributed by atoms with E-state index in [1.807, 2.05) is 78.9 Å². The van der Waals surface area contributed by atoms with Crippen molar-refractivity contribution in [2.45, 2.75) is 15.9 Å². The van der Waals surface area contributed by atoms with Crippen LogP contribution in [-0.2, 0) is 14.9 Å². The lowest BCUT2D eigenvalue weighted by atomic mass is 9.64. The minimum Gasteiger partial charge on any atom is -0.456 e. The van der Waals surface area contributed by atoms with E-state index in [-0.39, 0.29) is 21.8 Å². The summed E-state index contributed by atoms with van der Waals surface area (Å²) >= 11 is 2.48. The first-order valence-electron chi connectivity index (χ1n) is 11.5. The Bertz CT molecular complexity index is 1080. The van der Waals surface area contributed by atoms with E-state index >= 15 is 0 Å². The van der Waals surface area contributed by atoms with E-state index in [4.69, 9.17) is 10.5 Å². The summed E-state index contributed by atoms with van der Waals surface area (Å²) in [4.78, 5) is 25.8. The summed E-state index contributed by atoms with van der Waals surface area (Å²) < 4.78 is 6.39. The van der Waals surface area contributed by atoms with Gasteiger partial charge in [-0.05, 0) is 45.9 Å². The molecule has 34 heavy (non-hydrogen) atoms. The molecule has 0 bridgehead atoms. The third-order valence-corrected chi connectivity index (χ3v) is 9.34. The molecular formula is C28H30IN2O3+. The summed E-state index contributed by atoms with van der Waals surface area (Å²) in [6.45, 7) is 1.85. The number of ether oxygens (including phenoxy) is 1. The topological polar surface area (TPSA) is 69.4 Å². The number of nitrogens with zero attached hydrogens (tertiary/aromatic N) is 1. The van der Waals surface area contributed by atoms with Gasteiger partial charge in [-0.3, -0.25) is 4.79 Å². The fraction of sp³-hybridized carbons (Fsp3) is 0.286. The molecular weight excluding hydrogens is 539 g/mol. The number of rotatable bonds is 8. The van der Waals surface area contributed by atoms with Crippen LogP contribution in [0.2, 0.25) is 0 Å². The van der Waals surface area contributed by atoms with Crippen LogP contribution in [0.25, 0.3) is 0 Å². The zero-order valence-electron chi connectivity index (χ0n) is 19.3. The minimum atomic E-state index is -0.939. The molecule has 0 aromatic heterocycles. The Labute approximate surface area is 214 Å². The highest BCUT2D eigenvalue weighted by atomic mass is 127. The maximum absolute atomic E-state index is 13.4. The molecule has 1 heterocycles. The number of alkyl halides is 1. The number of carbonyl (C=O) groups excluding carboxylic acids is 2. The van der Waals surface area contributed by atoms with E-state index in [0.717, 1.165) is 24.1 Å². The van der Waals surface area contributed by atoms with Gasteiger partial charge in [0.05, 0.1) is 19.2 Å². The average Bonchev–Trinajstić information content (AvgIpc) is 3.16. The quantitative estimate of drug-likeness (QED) is 0.142. The summed E-state index contributed by atoms with van der Waals surface area (Å²) in [5, 5.41) is 0. The Balaban J connectivity index is 1.60. The van der Waals surface area contributed by atoms with Gasteiger partial charge < -0.3 is 15.0 Å². The highest BCUT2D eigenvalue weighted by Gasteiger charge is 2.58. The van der Waals surface area contributed by atoms with Crippen LogP contribution >= 0.6 is 22.6 Å². The number of likely N-dealkylation sites (N-methyl/N-ethyl adjacent to an activating group) is 1. The predicted octanol–water partition coefficient (Wildman–Crippen LogP) is 4.54. The van der Waals surface area contributed by atoms with Crippen molar-refractivity contribution in [3.63, 3.8) is 0 Å². The first kappa shape index (κ1) is 24.4. The number of benzene rings is 3. The van der Waals surface area contributed by atoms with E-state index < -0.39 is 5.41 Å². The molecule has 3 atom stereocenters. The number of primary amides is 1. The van der Waals surface area contributed by atoms with Crippen LogP contribution in [0.4, 0.5) is 0 Å². The van der Waals surface area contributed by atoms with Gasteiger partial charge in [0.1, 0.15) is 22.6 Å². The summed E-state index contributed by atoms with van der Waals surface area (Å²) in [5.74, 6) is -0.654. The minimum absolute atomic E-state index is 0.00905. The molecule has 2 unspecified atom stereocenters. The molecule has 6 heteroatoms. The van der Waals surface area contributed by atoms with Gasteiger partial charge in [-0.15, -0.1) is 0 Å². The molecule has 0 aliphatic carbocycles. The van der Waals surface area contributed by atoms with Gasteiger partial charge in [-0.2, -0.15) is 0 Å². The van der Waals surface area contributed by atoms with Crippen molar-refractivity contribution in [2.24, 2.45) is 11.7 Å². The Morgan fingerprint density at radius 3 is 1.94 bits per heavy atom. The molecule has 1 saturated heterocycles. The van der Waals surface area contributed by atoms with Crippen molar-refractivity contribution in [3.8, 4) is 0 Å². The van der Waals surface area contributed by atoms with Gasteiger partial charge in [-0.1, -0.05) is 78.9 Å². The normalized spacial score (nSPS) is 22.3. The molecule has 3 aromatic carbocycles. The zero-order valence-corrected chi connectivity index (χ0v) is 21.4. The fourth-order valence-electron chi connectivity index (χ4n) is 5.26. The van der Waals surface area contributed by atoms with Crippen LogP contribution in [0.3, 0.4) is 0 Å². The van der Waals surface area contributed by atoms with Crippen LogP contribution in [0.5, 0.6) is 0 Å². The number of hydrogen-bond acceptors (Lipinski definition) is 3. The largest absolute Gasteiger partial charge is 0.456 e. The molecule has 1 aliphatic rings. The molecule has 176 valence electrons. The van der Waals surface area contributed by atoms with Crippen molar-refractivity contribution in [3.05, 3.63) is 108 Å². The number of amides is 1. The third kappa shape index (κ3) is 4.49. The number of nitrogens with two attached hydrogens (primary N) is 1. The Kier molecular flexibility index (Phi) is 7.38. The van der Waals surface area contributed by atoms with E-state index in [0.29, 0.717) is 23.2 Å². The lowest BCUT2D eigenvalue weighted by molar-refractivity contribution is -0.905. The molecule has 1 amide bonds. The lowest BCUT2D eigenvalue weighted by Gasteiger charge is -2.41. The summed E-state index contributed by atoms with van der Waals surface area (Å²) in [6, 6.07) is 28.8. The average molecular weight is 569 g/mol. The van der Waals surface area contributed by atoms with Crippen molar-refractivity contribution >= 4 is 34.5 Å². The van der Waals surface area contributed by atoms with Crippen molar-refractivity contribution < 1.29 is 18.8 Å². The predicted molar refractivity (Wildman–Crippen MR) is 141 cm³/mol. The standard InChI is InChI=1S/C28H29IN2O3/c1-31(19-20-34-26(32)21-11-5-2-6-12-21)18-17-24(25(31)29)28(27(30)33,22-13-7-3-8-14-22)23-15-9-4-10-16-23/h2-16,24-25H,17-20H2,1H3,(H-,30,33)/p+1/t24?,25?,31-/m1/s1. The molecule has 1 fully saturated rings. The van der Waals surface area contributed by atoms with Crippen LogP contribution < -0.4 is 5.73 Å². The van der Waals surface area contributed by atoms with Crippen molar-refractivity contribution in [2.75, 3.05) is 26.7 Å². The summed E-state index contributed by atoms with van der Waals surface area (Å²) in [6.07, 6.45) is 0.837. The molecule has 3 aromatic rings. The Morgan fingerprint density at radius 1 is 0.941 bits per heavy atom. The van der Waals surface area contributed by atoms with Gasteiger partial charge in [-0.25, -0.2) is 4.79 Å². The highest BCUT2D eigenvalue weighted by molar-refractivity contribution is 14.1. The number of likely N-dealkylation sites (tertiary alicyclic amines) is 1. The molecule has 0 spiro atoms. The fourth-order valence-corrected chi connectivity index (χ4v) is 6.71. The van der Waals surface area contributed by atoms with Gasteiger partial charge >= 0.3 is 5.97 Å². The van der Waals surface area contributed by atoms with Crippen LogP contribution in [0, 0.1) is 5.92 Å². The van der Waals surface area contributed by atoms with Crippen molar-refractivity contribution in [1.29, 1.82) is 0 Å². The molecule has 5 nitrogen and oxygen atoms in total. The Morgan fingerprint density at radius 2 is 1.44 bits per heavy atom. The van der Waals surface area contributed by atoms with E-state index in [9.17, 15) is 9.59 Å². The number of quaternary nitrogens is 1. The SMILES string of the molecule is C[N@+]1(CCOC(=O)c2ccccc2)CCC(C(C(N)=O)(c2ccccc2)c2ccccc2)C1I. The smallest absolute Gasteiger partial charge is 0.338 e. The number of carbonyl (C=O) groups is 2. The van der Waals surface area contributed by atoms with Crippen LogP contribution in [-0.4, -0.2) is 47.2 Å². The second-order valence-electron chi connectivity index (χ2n) is 9.10. The third-order valence-electron chi connectivity index (χ3n) is 7.13. The maximum Gasteiger partial charge on any atom is 0.338 e. The van der Waals surface area contributed by atoms with E-state index in [1.54, 1.807) is 12.1 Å². The summed E-state index contributed by atoms with van der Waals surface area (Å²) in [7, 11) is 2.18. The van der Waals surface area contributed by atoms with E-state index in [2.05, 4.69) is 29.6 Å². The zero-order chi connectivity index (χ0) is 24.2. The monoisotopic (exact) mass is 569 g/mol. The second kappa shape index (κ2) is 10.3. The van der Waals surface area contributed by atoms with Crippen LogP contribution in [0.15, 0.2) is 91.0 Å². The summed E-state index contributed by atoms with van der Waals surface area (Å²) in [5.41, 5.74) is 7.71. The number of hydrogen-bond donors (Lipinski definition) is 1. The van der Waals surface area contributed by atoms with E-state index in [1.165, 1.54) is 0 Å². The number of halogens is 1. The molecule has 0 radical (unpaired) electrons. The first-order valence-corrected chi connectivity index (χ1v) is 12.8. The van der Waals surface area contributed by atoms with Crippen LogP contribution in [0.1, 0.15) is 27.9 Å². The van der Waals surface area contributed by atoms with Crippen molar-refractivity contribution in [1.82, 2.24) is 0 Å². The second-order valence-corrected chi connectivity index (χ2v) is 10.4. The Hall–Kier alpha value is -2.71. The maximum atomic E-state index is 13.4. The molecule has 0 saturated carbocycles. The first-order chi connectivity index (χ1) is 16.4. The molecule has 1 aliphatic heterocycles. The number of esters is 1. The van der Waals surface area contributed by atoms with Gasteiger partial charge in [0.15, 0.2) is 0 Å². The van der Waals surface area contributed by atoms with Gasteiger partial charge in [0.2, 0.25) is 5.91 Å². The van der Waals surface area contributed by atoms with Gasteiger partial charge in [0.25, 0.3) is 0 Å². The van der Waals surface area contributed by atoms with Gasteiger partial charge in [0, 0.05) is 12.3 Å². The highest BCUT2D eigenvalue weighted by Crippen LogP contribution is 2.50. The molecule has 4 rings (SSSR count). The molecule has 2 N–H and O–H groups in total. The lowest BCUT2D eigenvalue weighted by Crippen LogP contribution is -2.55.